The van der Waals surface area contributed by atoms with Gasteiger partial charge in [0.05, 0.1) is 13.1 Å². The van der Waals surface area contributed by atoms with Gasteiger partial charge in [-0.15, -0.1) is 0 Å². The highest BCUT2D eigenvalue weighted by Crippen LogP contribution is 2.28. The van der Waals surface area contributed by atoms with Crippen LogP contribution in [-0.4, -0.2) is 72.3 Å². The average Bonchev–Trinajstić information content (AvgIpc) is 3.66. The monoisotopic (exact) mass is 519 g/mol. The molecule has 1 aliphatic rings. The molecule has 8 nitrogen and oxygen atoms in total. The average molecular weight is 520 g/mol. The zero-order valence-electron chi connectivity index (χ0n) is 23.4. The van der Waals surface area contributed by atoms with Crippen molar-refractivity contribution in [2.45, 2.75) is 91.0 Å². The summed E-state index contributed by atoms with van der Waals surface area (Å²) in [5.74, 6) is 1.48. The summed E-state index contributed by atoms with van der Waals surface area (Å²) in [5.41, 5.74) is 1.94. The number of aromatic nitrogens is 4. The third-order valence-corrected chi connectivity index (χ3v) is 7.79. The third kappa shape index (κ3) is 7.54. The van der Waals surface area contributed by atoms with Crippen molar-refractivity contribution in [1.29, 1.82) is 0 Å². The fraction of sp³-hybridized carbons (Fsp3) is 0.567. The van der Waals surface area contributed by atoms with Crippen LogP contribution < -0.4 is 0 Å². The van der Waals surface area contributed by atoms with Gasteiger partial charge in [-0.3, -0.25) is 9.69 Å². The van der Waals surface area contributed by atoms with Crippen LogP contribution in [0.4, 0.5) is 0 Å². The molecule has 8 heteroatoms. The van der Waals surface area contributed by atoms with E-state index in [1.54, 1.807) is 29.7 Å². The highest BCUT2D eigenvalue weighted by molar-refractivity contribution is 5.94. The number of carbonyl (C=O) groups is 1. The molecule has 1 amide bonds. The molecule has 0 aliphatic heterocycles. The number of H-pyrrole nitrogens is 2. The first-order valence-corrected chi connectivity index (χ1v) is 14.4. The van der Waals surface area contributed by atoms with Gasteiger partial charge in [0.1, 0.15) is 11.6 Å². The highest BCUT2D eigenvalue weighted by atomic mass is 16.2. The lowest BCUT2D eigenvalue weighted by molar-refractivity contribution is 0.0721. The Kier molecular flexibility index (Phi) is 10.5. The summed E-state index contributed by atoms with van der Waals surface area (Å²) < 4.78 is 0. The van der Waals surface area contributed by atoms with E-state index in [0.29, 0.717) is 24.7 Å². The van der Waals surface area contributed by atoms with Gasteiger partial charge in [0.25, 0.3) is 5.91 Å². The van der Waals surface area contributed by atoms with Crippen LogP contribution in [0.25, 0.3) is 0 Å². The third-order valence-electron chi connectivity index (χ3n) is 7.79. The minimum absolute atomic E-state index is 0.0290. The van der Waals surface area contributed by atoms with Gasteiger partial charge in [0.15, 0.2) is 0 Å². The smallest absolute Gasteiger partial charge is 0.254 e. The zero-order chi connectivity index (χ0) is 26.7. The Hall–Kier alpha value is -2.97. The molecule has 0 bridgehead atoms. The van der Waals surface area contributed by atoms with Gasteiger partial charge in [-0.25, -0.2) is 9.97 Å². The molecule has 0 saturated heterocycles. The van der Waals surface area contributed by atoms with Crippen molar-refractivity contribution in [1.82, 2.24) is 34.6 Å². The number of amides is 1. The van der Waals surface area contributed by atoms with Crippen molar-refractivity contribution >= 4 is 5.91 Å². The Morgan fingerprint density at radius 2 is 1.32 bits per heavy atom. The van der Waals surface area contributed by atoms with E-state index in [-0.39, 0.29) is 5.91 Å². The minimum Gasteiger partial charge on any atom is -0.347 e. The second kappa shape index (κ2) is 14.3. The maximum absolute atomic E-state index is 13.4. The van der Waals surface area contributed by atoms with Gasteiger partial charge in [0.2, 0.25) is 0 Å². The molecule has 2 aromatic heterocycles. The van der Waals surface area contributed by atoms with Gasteiger partial charge in [-0.05, 0) is 75.9 Å². The predicted molar refractivity (Wildman–Crippen MR) is 151 cm³/mol. The number of nitrogens with zero attached hydrogens (tertiary/aromatic N) is 5. The molecule has 1 aliphatic carbocycles. The first kappa shape index (κ1) is 28.0. The fourth-order valence-corrected chi connectivity index (χ4v) is 5.84. The molecule has 2 N–H and O–H groups in total. The lowest BCUT2D eigenvalue weighted by Crippen LogP contribution is -2.44. The molecule has 0 unspecified atom stereocenters. The van der Waals surface area contributed by atoms with Crippen molar-refractivity contribution in [3.8, 4) is 0 Å². The number of rotatable bonds is 14. The largest absolute Gasteiger partial charge is 0.347 e. The first-order chi connectivity index (χ1) is 18.6. The molecule has 1 fully saturated rings. The Morgan fingerprint density at radius 3 is 1.76 bits per heavy atom. The molecule has 1 saturated carbocycles. The van der Waals surface area contributed by atoms with E-state index in [0.717, 1.165) is 30.8 Å². The first-order valence-electron chi connectivity index (χ1n) is 14.4. The molecule has 0 atom stereocenters. The minimum atomic E-state index is -0.0290. The maximum atomic E-state index is 13.4. The Morgan fingerprint density at radius 1 is 0.789 bits per heavy atom. The van der Waals surface area contributed by atoms with Gasteiger partial charge in [-0.2, -0.15) is 0 Å². The van der Waals surface area contributed by atoms with Crippen LogP contribution in [-0.2, 0) is 19.6 Å². The van der Waals surface area contributed by atoms with Crippen LogP contribution in [0.15, 0.2) is 49.1 Å². The van der Waals surface area contributed by atoms with Crippen molar-refractivity contribution in [2.24, 2.45) is 0 Å². The predicted octanol–water partition coefficient (Wildman–Crippen LogP) is 5.23. The standard InChI is InChI=1S/C30H45N7O/c1-4-19-36(20-5-2)27-13-11-26(12-14-27)35(6-3)21-24-7-9-25(10-8-24)30(38)37(22-28-31-15-16-32-28)23-29-33-17-18-34-29/h7-10,15-18,26-27H,4-6,11-14,19-23H2,1-3H3,(H,31,32)(H,33,34)/t26-,27-. The van der Waals surface area contributed by atoms with Gasteiger partial charge in [-0.1, -0.05) is 32.9 Å². The topological polar surface area (TPSA) is 84.2 Å². The molecule has 3 aromatic rings. The summed E-state index contributed by atoms with van der Waals surface area (Å²) in [5, 5.41) is 0. The molecular formula is C30H45N7O. The normalized spacial score (nSPS) is 17.8. The number of hydrogen-bond donors (Lipinski definition) is 2. The van der Waals surface area contributed by atoms with E-state index >= 15 is 0 Å². The Labute approximate surface area is 227 Å². The number of nitrogens with one attached hydrogen (secondary N) is 2. The summed E-state index contributed by atoms with van der Waals surface area (Å²) in [4.78, 5) is 35.4. The van der Waals surface area contributed by atoms with Crippen LogP contribution in [0, 0.1) is 0 Å². The van der Waals surface area contributed by atoms with Crippen molar-refractivity contribution in [3.63, 3.8) is 0 Å². The fourth-order valence-electron chi connectivity index (χ4n) is 5.84. The molecular weight excluding hydrogens is 474 g/mol. The summed E-state index contributed by atoms with van der Waals surface area (Å²) in [6.45, 7) is 12.1. The summed E-state index contributed by atoms with van der Waals surface area (Å²) >= 11 is 0. The van der Waals surface area contributed by atoms with Crippen LogP contribution in [0.5, 0.6) is 0 Å². The number of carbonyl (C=O) groups excluding carboxylic acids is 1. The van der Waals surface area contributed by atoms with E-state index in [1.807, 2.05) is 12.1 Å². The molecule has 1 aromatic carbocycles. The lowest BCUT2D eigenvalue weighted by atomic mass is 9.88. The van der Waals surface area contributed by atoms with Crippen molar-refractivity contribution in [3.05, 3.63) is 71.8 Å². The number of hydrogen-bond acceptors (Lipinski definition) is 5. The quantitative estimate of drug-likeness (QED) is 0.305. The highest BCUT2D eigenvalue weighted by Gasteiger charge is 2.28. The van der Waals surface area contributed by atoms with Gasteiger partial charge < -0.3 is 19.8 Å². The van der Waals surface area contributed by atoms with Gasteiger partial charge >= 0.3 is 0 Å². The van der Waals surface area contributed by atoms with E-state index in [4.69, 9.17) is 0 Å². The molecule has 0 radical (unpaired) electrons. The Bertz CT molecular complexity index is 1010. The van der Waals surface area contributed by atoms with E-state index in [2.05, 4.69) is 62.6 Å². The number of benzene rings is 1. The van der Waals surface area contributed by atoms with Gasteiger partial charge in [0, 0.05) is 49.0 Å². The molecule has 4 rings (SSSR count). The Balaban J connectivity index is 1.35. The maximum Gasteiger partial charge on any atom is 0.254 e. The summed E-state index contributed by atoms with van der Waals surface area (Å²) in [7, 11) is 0. The second-order valence-corrected chi connectivity index (χ2v) is 10.5. The molecule has 2 heterocycles. The second-order valence-electron chi connectivity index (χ2n) is 10.5. The zero-order valence-corrected chi connectivity index (χ0v) is 23.4. The van der Waals surface area contributed by atoms with Crippen molar-refractivity contribution < 1.29 is 4.79 Å². The lowest BCUT2D eigenvalue weighted by Gasteiger charge is -2.40. The molecule has 38 heavy (non-hydrogen) atoms. The van der Waals surface area contributed by atoms with Crippen LogP contribution >= 0.6 is 0 Å². The molecule has 0 spiro atoms. The SMILES string of the molecule is CCCN(CCC)[C@H]1CC[C@H](N(CC)Cc2ccc(C(=O)N(Cc3ncc[nH]3)Cc3ncc[nH]3)cc2)CC1. The summed E-state index contributed by atoms with van der Waals surface area (Å²) in [6, 6.07) is 9.55. The van der Waals surface area contributed by atoms with Crippen LogP contribution in [0.2, 0.25) is 0 Å². The van der Waals surface area contributed by atoms with E-state index < -0.39 is 0 Å². The number of aromatic amines is 2. The van der Waals surface area contributed by atoms with Crippen LogP contribution in [0.1, 0.15) is 86.9 Å². The van der Waals surface area contributed by atoms with Crippen LogP contribution in [0.3, 0.4) is 0 Å². The van der Waals surface area contributed by atoms with E-state index in [1.165, 1.54) is 57.2 Å². The van der Waals surface area contributed by atoms with Crippen molar-refractivity contribution in [2.75, 3.05) is 19.6 Å². The van der Waals surface area contributed by atoms with E-state index in [9.17, 15) is 4.79 Å². The summed E-state index contributed by atoms with van der Waals surface area (Å²) in [6.07, 6.45) is 14.6. The number of imidazole rings is 2. The molecule has 206 valence electrons.